The molecule has 1 heterocycles. The molecule has 0 saturated carbocycles. The molecular weight excluding hydrogens is 521 g/mol. The minimum absolute atomic E-state index is 0.00749. The van der Waals surface area contributed by atoms with E-state index in [0.717, 1.165) is 41.5 Å². The van der Waals surface area contributed by atoms with Crippen LogP contribution in [0.3, 0.4) is 0 Å². The molecule has 0 aromatic heterocycles. The van der Waals surface area contributed by atoms with E-state index in [1.165, 1.54) is 12.1 Å². The van der Waals surface area contributed by atoms with Crippen LogP contribution in [0.15, 0.2) is 78.9 Å². The zero-order chi connectivity index (χ0) is 28.9. The Morgan fingerprint density at radius 1 is 0.829 bits per heavy atom. The summed E-state index contributed by atoms with van der Waals surface area (Å²) in [5.41, 5.74) is 4.09. The number of likely N-dealkylation sites (tertiary alicyclic amines) is 1. The van der Waals surface area contributed by atoms with Crippen molar-refractivity contribution in [2.75, 3.05) is 19.7 Å². The monoisotopic (exact) mass is 559 g/mol. The summed E-state index contributed by atoms with van der Waals surface area (Å²) in [5.74, 6) is -0.613. The number of ether oxygens (including phenoxy) is 1. The quantitative estimate of drug-likeness (QED) is 0.273. The highest BCUT2D eigenvalue weighted by Crippen LogP contribution is 2.21. The van der Waals surface area contributed by atoms with E-state index in [1.807, 2.05) is 30.3 Å². The van der Waals surface area contributed by atoms with Crippen molar-refractivity contribution in [1.29, 1.82) is 0 Å². The predicted octanol–water partition coefficient (Wildman–Crippen LogP) is 4.99. The molecule has 0 unspecified atom stereocenters. The smallest absolute Gasteiger partial charge is 0.246 e. The van der Waals surface area contributed by atoms with E-state index < -0.39 is 6.04 Å². The molecule has 1 aliphatic heterocycles. The maximum Gasteiger partial charge on any atom is 0.246 e. The summed E-state index contributed by atoms with van der Waals surface area (Å²) in [5, 5.41) is 5.82. The Hall–Kier alpha value is -4.04. The fourth-order valence-electron chi connectivity index (χ4n) is 4.93. The number of benzene rings is 3. The highest BCUT2D eigenvalue weighted by atomic mass is 19.1. The molecule has 3 amide bonds. The van der Waals surface area contributed by atoms with Crippen LogP contribution in [-0.2, 0) is 32.3 Å². The van der Waals surface area contributed by atoms with Gasteiger partial charge in [0, 0.05) is 26.1 Å². The summed E-state index contributed by atoms with van der Waals surface area (Å²) >= 11 is 0. The third-order valence-electron chi connectivity index (χ3n) is 7.21. The van der Waals surface area contributed by atoms with Crippen molar-refractivity contribution in [1.82, 2.24) is 15.5 Å². The summed E-state index contributed by atoms with van der Waals surface area (Å²) in [4.78, 5) is 39.4. The number of carbonyl (C=O) groups is 3. The molecule has 4 rings (SSSR count). The first-order valence-corrected chi connectivity index (χ1v) is 14.3. The molecule has 7 nitrogen and oxygen atoms in total. The van der Waals surface area contributed by atoms with Crippen LogP contribution in [-0.4, -0.2) is 48.4 Å². The molecule has 3 aromatic carbocycles. The average molecular weight is 560 g/mol. The fraction of sp³-hybridized carbons (Fsp3) is 0.364. The van der Waals surface area contributed by atoms with Gasteiger partial charge >= 0.3 is 0 Å². The third kappa shape index (κ3) is 9.53. The van der Waals surface area contributed by atoms with Crippen LogP contribution in [0.4, 0.5) is 4.39 Å². The zero-order valence-electron chi connectivity index (χ0n) is 23.3. The Balaban J connectivity index is 1.08. The van der Waals surface area contributed by atoms with Crippen molar-refractivity contribution >= 4 is 17.7 Å². The van der Waals surface area contributed by atoms with E-state index in [1.54, 1.807) is 17.0 Å². The first kappa shape index (κ1) is 29.9. The number of halogens is 1. The zero-order valence-corrected chi connectivity index (χ0v) is 23.3. The molecule has 3 aromatic rings. The van der Waals surface area contributed by atoms with Crippen LogP contribution in [0.2, 0.25) is 0 Å². The maximum absolute atomic E-state index is 12.9. The molecule has 2 N–H and O–H groups in total. The molecule has 1 atom stereocenters. The van der Waals surface area contributed by atoms with Gasteiger partial charge in [-0.3, -0.25) is 14.4 Å². The molecule has 0 bridgehead atoms. The lowest BCUT2D eigenvalue weighted by atomic mass is 10.0. The van der Waals surface area contributed by atoms with Crippen LogP contribution in [0, 0.1) is 5.82 Å². The lowest BCUT2D eigenvalue weighted by Gasteiger charge is -2.24. The largest absolute Gasteiger partial charge is 0.367 e. The minimum atomic E-state index is -0.416. The van der Waals surface area contributed by atoms with E-state index in [4.69, 9.17) is 4.74 Å². The lowest BCUT2D eigenvalue weighted by molar-refractivity contribution is -0.138. The second-order valence-electron chi connectivity index (χ2n) is 10.3. The molecule has 8 heteroatoms. The summed E-state index contributed by atoms with van der Waals surface area (Å²) in [6.07, 6.45) is 4.15. The Morgan fingerprint density at radius 2 is 1.54 bits per heavy atom. The molecule has 0 spiro atoms. The average Bonchev–Trinajstić information content (AvgIpc) is 3.50. The van der Waals surface area contributed by atoms with Crippen LogP contribution >= 0.6 is 0 Å². The van der Waals surface area contributed by atoms with Gasteiger partial charge in [-0.15, -0.1) is 0 Å². The molecule has 1 saturated heterocycles. The van der Waals surface area contributed by atoms with Gasteiger partial charge in [0.25, 0.3) is 0 Å². The van der Waals surface area contributed by atoms with Crippen LogP contribution in [0.25, 0.3) is 11.1 Å². The number of unbranched alkanes of at least 4 members (excludes halogenated alkanes) is 2. The lowest BCUT2D eigenvalue weighted by Crippen LogP contribution is -2.45. The number of hydrogen-bond donors (Lipinski definition) is 2. The molecule has 1 aliphatic rings. The first-order chi connectivity index (χ1) is 20.0. The number of nitrogens with zero attached hydrogens (tertiary/aromatic N) is 1. The van der Waals surface area contributed by atoms with Gasteiger partial charge in [0.15, 0.2) is 0 Å². The van der Waals surface area contributed by atoms with Crippen LogP contribution in [0.1, 0.15) is 49.7 Å². The minimum Gasteiger partial charge on any atom is -0.367 e. The fourth-order valence-corrected chi connectivity index (χ4v) is 4.93. The van der Waals surface area contributed by atoms with Crippen molar-refractivity contribution in [2.45, 2.75) is 57.7 Å². The SMILES string of the molecule is O=C(COCc1ccc(F)cc1)NCCCCCC(=O)N1CCC[C@H]1C(=O)NCc1ccc(-c2ccccc2)cc1. The summed E-state index contributed by atoms with van der Waals surface area (Å²) in [7, 11) is 0. The van der Waals surface area contributed by atoms with Gasteiger partial charge < -0.3 is 20.3 Å². The Bertz CT molecular complexity index is 1270. The number of rotatable bonds is 14. The van der Waals surface area contributed by atoms with Gasteiger partial charge in [-0.05, 0) is 60.1 Å². The van der Waals surface area contributed by atoms with Crippen molar-refractivity contribution < 1.29 is 23.5 Å². The summed E-state index contributed by atoms with van der Waals surface area (Å²) in [6.45, 7) is 1.72. The maximum atomic E-state index is 12.9. The highest BCUT2D eigenvalue weighted by molar-refractivity contribution is 5.88. The van der Waals surface area contributed by atoms with Gasteiger partial charge in [-0.1, -0.05) is 73.2 Å². The molecular formula is C33H38FN3O4. The van der Waals surface area contributed by atoms with E-state index in [0.29, 0.717) is 38.9 Å². The number of amides is 3. The number of hydrogen-bond acceptors (Lipinski definition) is 4. The predicted molar refractivity (Wildman–Crippen MR) is 156 cm³/mol. The van der Waals surface area contributed by atoms with Crippen molar-refractivity contribution in [3.63, 3.8) is 0 Å². The second kappa shape index (κ2) is 15.7. The molecule has 1 fully saturated rings. The highest BCUT2D eigenvalue weighted by Gasteiger charge is 2.33. The molecule has 216 valence electrons. The van der Waals surface area contributed by atoms with Crippen LogP contribution < -0.4 is 10.6 Å². The van der Waals surface area contributed by atoms with E-state index in [9.17, 15) is 18.8 Å². The normalized spacial score (nSPS) is 14.6. The molecule has 41 heavy (non-hydrogen) atoms. The Labute approximate surface area is 241 Å². The Morgan fingerprint density at radius 3 is 2.29 bits per heavy atom. The molecule has 0 aliphatic carbocycles. The number of nitrogens with one attached hydrogen (secondary N) is 2. The van der Waals surface area contributed by atoms with Gasteiger partial charge in [-0.2, -0.15) is 0 Å². The first-order valence-electron chi connectivity index (χ1n) is 14.3. The van der Waals surface area contributed by atoms with Crippen molar-refractivity contribution in [2.24, 2.45) is 0 Å². The third-order valence-corrected chi connectivity index (χ3v) is 7.21. The van der Waals surface area contributed by atoms with Crippen molar-refractivity contribution in [3.05, 3.63) is 95.8 Å². The van der Waals surface area contributed by atoms with Gasteiger partial charge in [0.2, 0.25) is 17.7 Å². The number of carbonyl (C=O) groups excluding carboxylic acids is 3. The van der Waals surface area contributed by atoms with E-state index in [-0.39, 0.29) is 36.8 Å². The van der Waals surface area contributed by atoms with Gasteiger partial charge in [0.05, 0.1) is 6.61 Å². The summed E-state index contributed by atoms with van der Waals surface area (Å²) < 4.78 is 18.3. The second-order valence-corrected chi connectivity index (χ2v) is 10.3. The summed E-state index contributed by atoms with van der Waals surface area (Å²) in [6, 6.07) is 23.8. The molecule has 0 radical (unpaired) electrons. The van der Waals surface area contributed by atoms with Gasteiger partial charge in [0.1, 0.15) is 18.5 Å². The standard InChI is InChI=1S/C33H38FN3O4/c34-29-18-14-26(15-19-29)23-41-24-31(38)35-20-6-2-5-11-32(39)37-21-7-10-30(37)33(40)36-22-25-12-16-28(17-13-25)27-8-3-1-4-9-27/h1,3-4,8-9,12-19,30H,2,5-7,10-11,20-24H2,(H,35,38)(H,36,40)/t30-/m0/s1. The Kier molecular flexibility index (Phi) is 11.4. The van der Waals surface area contributed by atoms with Crippen LogP contribution in [0.5, 0.6) is 0 Å². The van der Waals surface area contributed by atoms with Gasteiger partial charge in [-0.25, -0.2) is 4.39 Å². The van der Waals surface area contributed by atoms with E-state index in [2.05, 4.69) is 34.9 Å². The van der Waals surface area contributed by atoms with Crippen molar-refractivity contribution in [3.8, 4) is 11.1 Å². The van der Waals surface area contributed by atoms with E-state index >= 15 is 0 Å². The topological polar surface area (TPSA) is 87.7 Å².